The van der Waals surface area contributed by atoms with Crippen molar-refractivity contribution in [1.29, 1.82) is 5.41 Å². The van der Waals surface area contributed by atoms with Crippen LogP contribution in [0.5, 0.6) is 5.75 Å². The van der Waals surface area contributed by atoms with E-state index in [0.29, 0.717) is 5.01 Å². The molecule has 1 aliphatic heterocycles. The molecule has 27 heavy (non-hydrogen) atoms. The third kappa shape index (κ3) is 3.52. The third-order valence-electron chi connectivity index (χ3n) is 4.16. The van der Waals surface area contributed by atoms with Gasteiger partial charge in [0.05, 0.1) is 12.3 Å². The summed E-state index contributed by atoms with van der Waals surface area (Å²) in [7, 11) is 0. The van der Waals surface area contributed by atoms with Crippen LogP contribution in [-0.4, -0.2) is 46.4 Å². The Morgan fingerprint density at radius 2 is 1.78 bits per heavy atom. The second-order valence-electron chi connectivity index (χ2n) is 6.42. The summed E-state index contributed by atoms with van der Waals surface area (Å²) < 4.78 is 92.1. The van der Waals surface area contributed by atoms with Gasteiger partial charge < -0.3 is 10.8 Å². The van der Waals surface area contributed by atoms with E-state index in [1.54, 1.807) is 0 Å². The van der Waals surface area contributed by atoms with Crippen LogP contribution < -0.4 is 5.73 Å². The van der Waals surface area contributed by atoms with Crippen molar-refractivity contribution in [2.75, 3.05) is 6.54 Å². The van der Waals surface area contributed by atoms with Crippen molar-refractivity contribution in [3.8, 4) is 5.75 Å². The highest BCUT2D eigenvalue weighted by Gasteiger charge is 2.74. The molecule has 0 amide bonds. The maximum atomic E-state index is 14.0. The SMILES string of the molecule is CC1(CC(F)(F)C(F)(F)C(F)(F)F)CN(C(=N)N)N=C1c1ccccc1O. The molecule has 0 fully saturated rings. The molecule has 1 aliphatic rings. The molecular formula is C15H15F7N4O. The Morgan fingerprint density at radius 1 is 1.22 bits per heavy atom. The molecule has 0 bridgehead atoms. The highest BCUT2D eigenvalue weighted by Crippen LogP contribution is 2.52. The molecule has 1 aromatic carbocycles. The fourth-order valence-corrected chi connectivity index (χ4v) is 2.82. The van der Waals surface area contributed by atoms with E-state index in [4.69, 9.17) is 11.1 Å². The van der Waals surface area contributed by atoms with Gasteiger partial charge in [-0.05, 0) is 12.1 Å². The normalized spacial score (nSPS) is 21.3. The molecule has 150 valence electrons. The van der Waals surface area contributed by atoms with Gasteiger partial charge >= 0.3 is 18.0 Å². The van der Waals surface area contributed by atoms with E-state index >= 15 is 0 Å². The van der Waals surface area contributed by atoms with Crippen molar-refractivity contribution in [2.24, 2.45) is 16.3 Å². The smallest absolute Gasteiger partial charge is 0.459 e. The number of phenols is 1. The van der Waals surface area contributed by atoms with E-state index in [0.717, 1.165) is 13.0 Å². The van der Waals surface area contributed by atoms with Crippen LogP contribution in [0, 0.1) is 10.8 Å². The molecule has 0 radical (unpaired) electrons. The fourth-order valence-electron chi connectivity index (χ4n) is 2.82. The minimum Gasteiger partial charge on any atom is -0.507 e. The number of nitrogens with zero attached hydrogens (tertiary/aromatic N) is 2. The number of nitrogens with two attached hydrogens (primary N) is 1. The number of hydrogen-bond acceptors (Lipinski definition) is 3. The van der Waals surface area contributed by atoms with Gasteiger partial charge in [0.25, 0.3) is 0 Å². The van der Waals surface area contributed by atoms with E-state index in [-0.39, 0.29) is 11.3 Å². The lowest BCUT2D eigenvalue weighted by molar-refractivity contribution is -0.358. The fraction of sp³-hybridized carbons (Fsp3) is 0.467. The Morgan fingerprint density at radius 3 is 2.26 bits per heavy atom. The number of phenolic OH excluding ortho intramolecular Hbond substituents is 1. The topological polar surface area (TPSA) is 85.7 Å². The summed E-state index contributed by atoms with van der Waals surface area (Å²) in [4.78, 5) is 0. The summed E-state index contributed by atoms with van der Waals surface area (Å²) >= 11 is 0. The Balaban J connectivity index is 2.51. The summed E-state index contributed by atoms with van der Waals surface area (Å²) in [6.07, 6.45) is -8.40. The molecule has 12 heteroatoms. The van der Waals surface area contributed by atoms with Crippen LogP contribution in [0.1, 0.15) is 18.9 Å². The Bertz CT molecular complexity index is 778. The molecule has 1 heterocycles. The van der Waals surface area contributed by atoms with Crippen molar-refractivity contribution >= 4 is 11.7 Å². The lowest BCUT2D eigenvalue weighted by atomic mass is 9.76. The second kappa shape index (κ2) is 6.27. The molecular weight excluding hydrogens is 385 g/mol. The zero-order valence-electron chi connectivity index (χ0n) is 13.8. The van der Waals surface area contributed by atoms with E-state index < -0.39 is 48.1 Å². The van der Waals surface area contributed by atoms with Gasteiger partial charge in [0.2, 0.25) is 5.96 Å². The Hall–Kier alpha value is -2.53. The van der Waals surface area contributed by atoms with Gasteiger partial charge in [0.1, 0.15) is 5.75 Å². The van der Waals surface area contributed by atoms with E-state index in [9.17, 15) is 35.8 Å². The van der Waals surface area contributed by atoms with Crippen LogP contribution in [-0.2, 0) is 0 Å². The first-order chi connectivity index (χ1) is 12.1. The summed E-state index contributed by atoms with van der Waals surface area (Å²) in [6, 6.07) is 5.17. The van der Waals surface area contributed by atoms with Crippen molar-refractivity contribution < 1.29 is 35.8 Å². The van der Waals surface area contributed by atoms with E-state index in [1.165, 1.54) is 18.2 Å². The van der Waals surface area contributed by atoms with Crippen molar-refractivity contribution in [3.05, 3.63) is 29.8 Å². The Kier molecular flexibility index (Phi) is 4.83. The van der Waals surface area contributed by atoms with E-state index in [1.807, 2.05) is 0 Å². The van der Waals surface area contributed by atoms with Gasteiger partial charge in [0.15, 0.2) is 0 Å². The average Bonchev–Trinajstić information content (AvgIpc) is 2.83. The standard InChI is InChI=1S/C15H15F7N4O/c1-12(6-13(16,17)14(18,19)15(20,21)22)7-26(11(23)24)25-10(12)8-4-2-3-5-9(8)27/h2-5,27H,6-7H2,1H3,(H3,23,24). The molecule has 4 N–H and O–H groups in total. The molecule has 1 aromatic rings. The first-order valence-electron chi connectivity index (χ1n) is 7.44. The number of benzene rings is 1. The maximum Gasteiger partial charge on any atom is 0.459 e. The molecule has 0 saturated heterocycles. The third-order valence-corrected chi connectivity index (χ3v) is 4.16. The predicted octanol–water partition coefficient (Wildman–Crippen LogP) is 3.53. The number of alkyl halides is 7. The minimum atomic E-state index is -6.46. The lowest BCUT2D eigenvalue weighted by Crippen LogP contribution is -2.55. The quantitative estimate of drug-likeness (QED) is 0.411. The van der Waals surface area contributed by atoms with Crippen LogP contribution in [0.25, 0.3) is 0 Å². The van der Waals surface area contributed by atoms with Crippen molar-refractivity contribution in [1.82, 2.24) is 5.01 Å². The van der Waals surface area contributed by atoms with Gasteiger partial charge in [-0.15, -0.1) is 0 Å². The second-order valence-corrected chi connectivity index (χ2v) is 6.42. The molecule has 0 spiro atoms. The van der Waals surface area contributed by atoms with Crippen LogP contribution in [0.3, 0.4) is 0 Å². The summed E-state index contributed by atoms with van der Waals surface area (Å²) in [5, 5.41) is 21.7. The molecule has 2 rings (SSSR count). The number of para-hydroxylation sites is 1. The molecule has 1 atom stereocenters. The van der Waals surface area contributed by atoms with Crippen LogP contribution >= 0.6 is 0 Å². The number of aromatic hydroxyl groups is 1. The number of rotatable bonds is 4. The van der Waals surface area contributed by atoms with Crippen LogP contribution in [0.2, 0.25) is 0 Å². The number of hydrogen-bond donors (Lipinski definition) is 3. The molecule has 5 nitrogen and oxygen atoms in total. The van der Waals surface area contributed by atoms with E-state index in [2.05, 4.69) is 5.10 Å². The number of hydrazone groups is 1. The Labute approximate surface area is 148 Å². The van der Waals surface area contributed by atoms with Crippen LogP contribution in [0.15, 0.2) is 29.4 Å². The van der Waals surface area contributed by atoms with Crippen molar-refractivity contribution in [2.45, 2.75) is 31.4 Å². The summed E-state index contributed by atoms with van der Waals surface area (Å²) in [5.74, 6) is -12.9. The van der Waals surface area contributed by atoms with Gasteiger partial charge in [-0.2, -0.15) is 35.8 Å². The lowest BCUT2D eigenvalue weighted by Gasteiger charge is -2.35. The average molecular weight is 400 g/mol. The monoisotopic (exact) mass is 400 g/mol. The zero-order chi connectivity index (χ0) is 20.8. The molecule has 0 aliphatic carbocycles. The van der Waals surface area contributed by atoms with Gasteiger partial charge in [-0.25, -0.2) is 5.01 Å². The number of halogens is 7. The minimum absolute atomic E-state index is 0.144. The predicted molar refractivity (Wildman–Crippen MR) is 81.9 cm³/mol. The van der Waals surface area contributed by atoms with Gasteiger partial charge in [-0.1, -0.05) is 19.1 Å². The van der Waals surface area contributed by atoms with Gasteiger partial charge in [-0.3, -0.25) is 5.41 Å². The summed E-state index contributed by atoms with van der Waals surface area (Å²) in [5.41, 5.74) is 2.65. The zero-order valence-corrected chi connectivity index (χ0v) is 13.8. The highest BCUT2D eigenvalue weighted by atomic mass is 19.4. The first-order valence-corrected chi connectivity index (χ1v) is 7.44. The molecule has 0 aromatic heterocycles. The highest BCUT2D eigenvalue weighted by molar-refractivity contribution is 6.08. The molecule has 0 saturated carbocycles. The first kappa shape index (κ1) is 20.8. The van der Waals surface area contributed by atoms with Gasteiger partial charge in [0, 0.05) is 17.4 Å². The number of nitrogens with one attached hydrogen (secondary N) is 1. The van der Waals surface area contributed by atoms with Crippen LogP contribution in [0.4, 0.5) is 30.7 Å². The maximum absolute atomic E-state index is 14.0. The number of guanidine groups is 1. The molecule has 1 unspecified atom stereocenters. The van der Waals surface area contributed by atoms with Crippen molar-refractivity contribution in [3.63, 3.8) is 0 Å². The summed E-state index contributed by atoms with van der Waals surface area (Å²) in [6.45, 7) is 0.344. The largest absolute Gasteiger partial charge is 0.507 e.